The minimum Gasteiger partial charge on any atom is -0.387 e. The van der Waals surface area contributed by atoms with Gasteiger partial charge < -0.3 is 5.32 Å². The number of non-ortho nitro benzene ring substituents is 1. The highest BCUT2D eigenvalue weighted by molar-refractivity contribution is 7.89. The van der Waals surface area contributed by atoms with Gasteiger partial charge in [0.2, 0.25) is 10.0 Å². The Bertz CT molecular complexity index is 581. The maximum Gasteiger partial charge on any atom is 0.270 e. The van der Waals surface area contributed by atoms with Gasteiger partial charge in [0.25, 0.3) is 5.69 Å². The summed E-state index contributed by atoms with van der Waals surface area (Å²) in [6, 6.07) is 3.68. The number of anilines is 1. The van der Waals surface area contributed by atoms with Gasteiger partial charge in [-0.15, -0.1) is 0 Å². The lowest BCUT2D eigenvalue weighted by Gasteiger charge is -2.10. The Morgan fingerprint density at radius 2 is 2.06 bits per heavy atom. The minimum absolute atomic E-state index is 0.0426. The molecule has 8 heteroatoms. The first kappa shape index (κ1) is 12.8. The third-order valence-electron chi connectivity index (χ3n) is 2.63. The van der Waals surface area contributed by atoms with Crippen molar-refractivity contribution in [2.75, 3.05) is 12.4 Å². The molecule has 0 saturated heterocycles. The second kappa shape index (κ2) is 4.54. The highest BCUT2D eigenvalue weighted by Gasteiger charge is 2.30. The lowest BCUT2D eigenvalue weighted by molar-refractivity contribution is -0.385. The summed E-state index contributed by atoms with van der Waals surface area (Å²) in [5.41, 5.74) is 0.0962. The molecule has 1 aliphatic carbocycles. The van der Waals surface area contributed by atoms with Crippen molar-refractivity contribution in [1.82, 2.24) is 4.72 Å². The molecule has 2 N–H and O–H groups in total. The summed E-state index contributed by atoms with van der Waals surface area (Å²) in [6.45, 7) is 0. The first-order chi connectivity index (χ1) is 8.44. The smallest absolute Gasteiger partial charge is 0.270 e. The zero-order valence-corrected chi connectivity index (χ0v) is 10.5. The Labute approximate surface area is 104 Å². The Morgan fingerprint density at radius 1 is 1.39 bits per heavy atom. The van der Waals surface area contributed by atoms with E-state index in [0.29, 0.717) is 5.69 Å². The molecule has 0 amide bonds. The van der Waals surface area contributed by atoms with E-state index in [1.165, 1.54) is 12.1 Å². The SMILES string of the molecule is CNc1ccc([N+](=O)[O-])cc1S(=O)(=O)NC1CC1. The second-order valence-corrected chi connectivity index (χ2v) is 5.77. The van der Waals surface area contributed by atoms with E-state index in [2.05, 4.69) is 10.0 Å². The summed E-state index contributed by atoms with van der Waals surface area (Å²) >= 11 is 0. The van der Waals surface area contributed by atoms with Crippen molar-refractivity contribution >= 4 is 21.4 Å². The molecule has 0 aromatic heterocycles. The average Bonchev–Trinajstić information content (AvgIpc) is 3.11. The predicted molar refractivity (Wildman–Crippen MR) is 66.0 cm³/mol. The van der Waals surface area contributed by atoms with Gasteiger partial charge in [0.1, 0.15) is 4.90 Å². The third-order valence-corrected chi connectivity index (χ3v) is 4.19. The van der Waals surface area contributed by atoms with E-state index < -0.39 is 14.9 Å². The number of benzene rings is 1. The Morgan fingerprint density at radius 3 is 2.56 bits per heavy atom. The number of hydrogen-bond donors (Lipinski definition) is 2. The molecule has 0 spiro atoms. The molecule has 1 aromatic carbocycles. The number of sulfonamides is 1. The Hall–Kier alpha value is -1.67. The van der Waals surface area contributed by atoms with Gasteiger partial charge in [0.05, 0.1) is 10.6 Å². The van der Waals surface area contributed by atoms with Crippen LogP contribution in [0.1, 0.15) is 12.8 Å². The molecule has 0 aliphatic heterocycles. The van der Waals surface area contributed by atoms with E-state index >= 15 is 0 Å². The molecular formula is C10H13N3O4S. The average molecular weight is 271 g/mol. The maximum atomic E-state index is 12.1. The van der Waals surface area contributed by atoms with Crippen molar-refractivity contribution in [3.8, 4) is 0 Å². The van der Waals surface area contributed by atoms with Crippen molar-refractivity contribution in [1.29, 1.82) is 0 Å². The van der Waals surface area contributed by atoms with Crippen LogP contribution in [0.2, 0.25) is 0 Å². The van der Waals surface area contributed by atoms with Crippen LogP contribution in [0.5, 0.6) is 0 Å². The number of nitrogens with one attached hydrogen (secondary N) is 2. The molecule has 2 rings (SSSR count). The topological polar surface area (TPSA) is 101 Å². The van der Waals surface area contributed by atoms with E-state index in [4.69, 9.17) is 0 Å². The zero-order chi connectivity index (χ0) is 13.3. The van der Waals surface area contributed by atoms with Crippen LogP contribution in [0, 0.1) is 10.1 Å². The van der Waals surface area contributed by atoms with Crippen LogP contribution in [0.15, 0.2) is 23.1 Å². The summed E-state index contributed by atoms with van der Waals surface area (Å²) in [5, 5.41) is 13.4. The number of nitro benzene ring substituents is 1. The van der Waals surface area contributed by atoms with Crippen molar-refractivity contribution < 1.29 is 13.3 Å². The summed E-state index contributed by atoms with van der Waals surface area (Å²) in [5.74, 6) is 0. The highest BCUT2D eigenvalue weighted by Crippen LogP contribution is 2.28. The summed E-state index contributed by atoms with van der Waals surface area (Å²) in [4.78, 5) is 9.98. The fourth-order valence-electron chi connectivity index (χ4n) is 1.54. The third kappa shape index (κ3) is 2.59. The van der Waals surface area contributed by atoms with Gasteiger partial charge in [0.15, 0.2) is 0 Å². The van der Waals surface area contributed by atoms with E-state index in [1.54, 1.807) is 7.05 Å². The molecule has 0 atom stereocenters. The van der Waals surface area contributed by atoms with E-state index in [0.717, 1.165) is 18.9 Å². The predicted octanol–water partition coefficient (Wildman–Crippen LogP) is 1.08. The molecule has 1 aliphatic rings. The lowest BCUT2D eigenvalue weighted by atomic mass is 10.3. The van der Waals surface area contributed by atoms with Gasteiger partial charge in [-0.1, -0.05) is 0 Å². The van der Waals surface area contributed by atoms with Crippen LogP contribution >= 0.6 is 0 Å². The Kier molecular flexibility index (Phi) is 3.22. The first-order valence-electron chi connectivity index (χ1n) is 5.42. The van der Waals surface area contributed by atoms with Gasteiger partial charge in [0, 0.05) is 25.2 Å². The maximum absolute atomic E-state index is 12.1. The zero-order valence-electron chi connectivity index (χ0n) is 9.71. The molecule has 18 heavy (non-hydrogen) atoms. The van der Waals surface area contributed by atoms with E-state index in [-0.39, 0.29) is 16.6 Å². The monoisotopic (exact) mass is 271 g/mol. The molecule has 1 fully saturated rings. The fraction of sp³-hybridized carbons (Fsp3) is 0.400. The number of nitro groups is 1. The fourth-order valence-corrected chi connectivity index (χ4v) is 3.07. The summed E-state index contributed by atoms with van der Waals surface area (Å²) in [7, 11) is -2.15. The molecule has 1 aromatic rings. The second-order valence-electron chi connectivity index (χ2n) is 4.08. The number of nitrogens with zero attached hydrogens (tertiary/aromatic N) is 1. The van der Waals surface area contributed by atoms with Crippen molar-refractivity contribution in [3.63, 3.8) is 0 Å². The minimum atomic E-state index is -3.71. The molecular weight excluding hydrogens is 258 g/mol. The van der Waals surface area contributed by atoms with Gasteiger partial charge in [-0.3, -0.25) is 10.1 Å². The molecule has 1 saturated carbocycles. The molecule has 0 bridgehead atoms. The number of rotatable bonds is 5. The summed E-state index contributed by atoms with van der Waals surface area (Å²) < 4.78 is 26.6. The quantitative estimate of drug-likeness (QED) is 0.616. The van der Waals surface area contributed by atoms with Crippen LogP contribution in [0.4, 0.5) is 11.4 Å². The largest absolute Gasteiger partial charge is 0.387 e. The van der Waals surface area contributed by atoms with E-state index in [1.807, 2.05) is 0 Å². The number of hydrogen-bond acceptors (Lipinski definition) is 5. The van der Waals surface area contributed by atoms with Crippen LogP contribution in [-0.4, -0.2) is 26.4 Å². The van der Waals surface area contributed by atoms with Crippen LogP contribution in [0.3, 0.4) is 0 Å². The normalized spacial score (nSPS) is 15.4. The molecule has 0 radical (unpaired) electrons. The van der Waals surface area contributed by atoms with Crippen LogP contribution in [0.25, 0.3) is 0 Å². The molecule has 0 heterocycles. The lowest BCUT2D eigenvalue weighted by Crippen LogP contribution is -2.26. The van der Waals surface area contributed by atoms with Crippen molar-refractivity contribution in [2.24, 2.45) is 0 Å². The molecule has 7 nitrogen and oxygen atoms in total. The standard InChI is InChI=1S/C10H13N3O4S/c1-11-9-5-4-8(13(14)15)6-10(9)18(16,17)12-7-2-3-7/h4-7,11-12H,2-3H2,1H3. The Balaban J connectivity index is 2.45. The first-order valence-corrected chi connectivity index (χ1v) is 6.91. The van der Waals surface area contributed by atoms with Gasteiger partial charge in [-0.05, 0) is 18.9 Å². The highest BCUT2D eigenvalue weighted by atomic mass is 32.2. The van der Waals surface area contributed by atoms with Gasteiger partial charge in [-0.25, -0.2) is 13.1 Å². The van der Waals surface area contributed by atoms with Crippen molar-refractivity contribution in [2.45, 2.75) is 23.8 Å². The summed E-state index contributed by atoms with van der Waals surface area (Å²) in [6.07, 6.45) is 1.62. The van der Waals surface area contributed by atoms with Crippen LogP contribution in [-0.2, 0) is 10.0 Å². The van der Waals surface area contributed by atoms with Gasteiger partial charge >= 0.3 is 0 Å². The van der Waals surface area contributed by atoms with Crippen LogP contribution < -0.4 is 10.0 Å². The molecule has 98 valence electrons. The molecule has 0 unspecified atom stereocenters. The van der Waals surface area contributed by atoms with E-state index in [9.17, 15) is 18.5 Å². The van der Waals surface area contributed by atoms with Crippen molar-refractivity contribution in [3.05, 3.63) is 28.3 Å². The van der Waals surface area contributed by atoms with Gasteiger partial charge in [-0.2, -0.15) is 0 Å².